The fraction of sp³-hybridized carbons (Fsp3) is 0.750. The zero-order valence-corrected chi connectivity index (χ0v) is 11.9. The number of carboxylic acids is 1. The van der Waals surface area contributed by atoms with E-state index in [1.54, 1.807) is 0 Å². The Labute approximate surface area is 126 Å². The number of carbonyl (C=O) groups excluding carboxylic acids is 2. The standard InChI is InChI=1S/C12H21NO9/c1-2-8(18)13-9(5(15)3-6(16)12(21)22)11(20)10(19)7(17)4-14/h5,7,9-11,14-15,17,19-20H,2-4H2,1H3,(H,13,18)(H,21,22)/t5-,7+,9+,10+,11+/m0/s1. The number of carbonyl (C=O) groups is 3. The van der Waals surface area contributed by atoms with Crippen LogP contribution in [0.3, 0.4) is 0 Å². The third-order valence-corrected chi connectivity index (χ3v) is 3.00. The van der Waals surface area contributed by atoms with Crippen LogP contribution >= 0.6 is 0 Å². The summed E-state index contributed by atoms with van der Waals surface area (Å²) in [5.74, 6) is -3.80. The first-order chi connectivity index (χ1) is 10.1. The molecule has 0 aromatic carbocycles. The molecule has 0 saturated heterocycles. The van der Waals surface area contributed by atoms with E-state index in [9.17, 15) is 34.8 Å². The van der Waals surface area contributed by atoms with Gasteiger partial charge in [0, 0.05) is 12.8 Å². The van der Waals surface area contributed by atoms with Crippen LogP contribution in [0.2, 0.25) is 0 Å². The molecule has 0 aromatic rings. The molecule has 0 aliphatic carbocycles. The lowest BCUT2D eigenvalue weighted by atomic mass is 9.94. The van der Waals surface area contributed by atoms with Gasteiger partial charge in [-0.2, -0.15) is 0 Å². The Hall–Kier alpha value is -1.59. The lowest BCUT2D eigenvalue weighted by Crippen LogP contribution is -2.58. The van der Waals surface area contributed by atoms with Gasteiger partial charge in [-0.25, -0.2) is 4.79 Å². The summed E-state index contributed by atoms with van der Waals surface area (Å²) in [5.41, 5.74) is 0. The highest BCUT2D eigenvalue weighted by Gasteiger charge is 2.37. The SMILES string of the molecule is CCC(=O)N[C@@H]([C@@H](O)[C@H](O)[C@H](O)CO)[C@@H](O)CC(=O)C(=O)O. The van der Waals surface area contributed by atoms with Gasteiger partial charge in [-0.05, 0) is 0 Å². The molecule has 0 aliphatic rings. The van der Waals surface area contributed by atoms with Gasteiger partial charge < -0.3 is 36.0 Å². The van der Waals surface area contributed by atoms with Crippen molar-refractivity contribution in [3.63, 3.8) is 0 Å². The molecule has 0 radical (unpaired) electrons. The first kappa shape index (κ1) is 20.4. The van der Waals surface area contributed by atoms with E-state index in [0.717, 1.165) is 0 Å². The normalized spacial score (nSPS) is 17.9. The average molecular weight is 323 g/mol. The number of aliphatic hydroxyl groups excluding tert-OH is 5. The predicted octanol–water partition coefficient (Wildman–Crippen LogP) is -3.64. The van der Waals surface area contributed by atoms with E-state index >= 15 is 0 Å². The minimum atomic E-state index is -1.94. The molecule has 0 aromatic heterocycles. The Bertz CT molecular complexity index is 400. The molecule has 10 nitrogen and oxygen atoms in total. The quantitative estimate of drug-likeness (QED) is 0.199. The van der Waals surface area contributed by atoms with Crippen molar-refractivity contribution >= 4 is 17.7 Å². The van der Waals surface area contributed by atoms with Crippen molar-refractivity contribution in [3.05, 3.63) is 0 Å². The molecule has 22 heavy (non-hydrogen) atoms. The number of Topliss-reactive ketones (excluding diaryl/α,β-unsaturated/α-hetero) is 1. The zero-order chi connectivity index (χ0) is 17.4. The van der Waals surface area contributed by atoms with Crippen LogP contribution in [-0.2, 0) is 14.4 Å². The number of aliphatic hydroxyl groups is 5. The monoisotopic (exact) mass is 323 g/mol. The molecule has 0 rings (SSSR count). The van der Waals surface area contributed by atoms with Gasteiger partial charge >= 0.3 is 5.97 Å². The van der Waals surface area contributed by atoms with Crippen molar-refractivity contribution in [1.29, 1.82) is 0 Å². The van der Waals surface area contributed by atoms with Crippen molar-refractivity contribution in [2.75, 3.05) is 6.61 Å². The van der Waals surface area contributed by atoms with Crippen LogP contribution in [0.25, 0.3) is 0 Å². The molecule has 1 amide bonds. The van der Waals surface area contributed by atoms with Crippen LogP contribution in [0.1, 0.15) is 19.8 Å². The van der Waals surface area contributed by atoms with E-state index in [-0.39, 0.29) is 6.42 Å². The van der Waals surface area contributed by atoms with E-state index in [1.165, 1.54) is 6.92 Å². The van der Waals surface area contributed by atoms with Crippen LogP contribution in [-0.4, -0.2) is 85.4 Å². The van der Waals surface area contributed by atoms with E-state index < -0.39 is 61.1 Å². The maximum Gasteiger partial charge on any atom is 0.372 e. The van der Waals surface area contributed by atoms with Crippen LogP contribution in [0.15, 0.2) is 0 Å². The zero-order valence-electron chi connectivity index (χ0n) is 11.9. The van der Waals surface area contributed by atoms with Crippen molar-refractivity contribution < 1.29 is 45.0 Å². The number of carboxylic acid groups (broad SMARTS) is 1. The lowest BCUT2D eigenvalue weighted by molar-refractivity contribution is -0.151. The summed E-state index contributed by atoms with van der Waals surface area (Å²) in [4.78, 5) is 32.9. The van der Waals surface area contributed by atoms with E-state index in [1.807, 2.05) is 0 Å². The van der Waals surface area contributed by atoms with E-state index in [2.05, 4.69) is 5.32 Å². The smallest absolute Gasteiger partial charge is 0.372 e. The van der Waals surface area contributed by atoms with Crippen molar-refractivity contribution in [2.45, 2.75) is 50.2 Å². The maximum atomic E-state index is 11.4. The van der Waals surface area contributed by atoms with Gasteiger partial charge in [-0.15, -0.1) is 0 Å². The second-order valence-electron chi connectivity index (χ2n) is 4.68. The Morgan fingerprint density at radius 3 is 1.95 bits per heavy atom. The number of ketones is 1. The Morgan fingerprint density at radius 2 is 1.55 bits per heavy atom. The molecule has 0 fully saturated rings. The fourth-order valence-electron chi connectivity index (χ4n) is 1.65. The minimum Gasteiger partial charge on any atom is -0.475 e. The molecule has 0 heterocycles. The highest BCUT2D eigenvalue weighted by atomic mass is 16.4. The molecular formula is C12H21NO9. The van der Waals surface area contributed by atoms with Gasteiger partial charge in [0.1, 0.15) is 18.3 Å². The largest absolute Gasteiger partial charge is 0.475 e. The highest BCUT2D eigenvalue weighted by molar-refractivity contribution is 6.32. The summed E-state index contributed by atoms with van der Waals surface area (Å²) >= 11 is 0. The van der Waals surface area contributed by atoms with Crippen molar-refractivity contribution in [3.8, 4) is 0 Å². The first-order valence-electron chi connectivity index (χ1n) is 6.54. The molecule has 10 heteroatoms. The molecule has 0 bridgehead atoms. The minimum absolute atomic E-state index is 0.0402. The first-order valence-corrected chi connectivity index (χ1v) is 6.54. The summed E-state index contributed by atoms with van der Waals surface area (Å²) < 4.78 is 0. The van der Waals surface area contributed by atoms with E-state index in [0.29, 0.717) is 0 Å². The number of hydrogen-bond donors (Lipinski definition) is 7. The Kier molecular flexibility index (Phi) is 8.75. The molecule has 0 unspecified atom stereocenters. The van der Waals surface area contributed by atoms with Gasteiger partial charge in [0.15, 0.2) is 0 Å². The molecule has 0 saturated carbocycles. The number of aliphatic carboxylic acids is 1. The van der Waals surface area contributed by atoms with Gasteiger partial charge in [0.25, 0.3) is 0 Å². The second-order valence-corrected chi connectivity index (χ2v) is 4.68. The number of nitrogens with one attached hydrogen (secondary N) is 1. The van der Waals surface area contributed by atoms with Gasteiger partial charge in [-0.1, -0.05) is 6.92 Å². The molecule has 128 valence electrons. The number of hydrogen-bond acceptors (Lipinski definition) is 8. The Balaban J connectivity index is 5.13. The summed E-state index contributed by atoms with van der Waals surface area (Å²) in [6.45, 7) is 0.573. The summed E-state index contributed by atoms with van der Waals surface area (Å²) in [5, 5.41) is 57.9. The van der Waals surface area contributed by atoms with Crippen molar-refractivity contribution in [2.24, 2.45) is 0 Å². The topological polar surface area (TPSA) is 185 Å². The lowest BCUT2D eigenvalue weighted by Gasteiger charge is -2.32. The molecule has 7 N–H and O–H groups in total. The third kappa shape index (κ3) is 6.03. The fourth-order valence-corrected chi connectivity index (χ4v) is 1.65. The Morgan fingerprint density at radius 1 is 1.00 bits per heavy atom. The highest BCUT2D eigenvalue weighted by Crippen LogP contribution is 2.12. The molecule has 5 atom stereocenters. The van der Waals surface area contributed by atoms with Gasteiger partial charge in [0.2, 0.25) is 11.7 Å². The molecule has 0 spiro atoms. The van der Waals surface area contributed by atoms with Crippen LogP contribution in [0.5, 0.6) is 0 Å². The summed E-state index contributed by atoms with van der Waals surface area (Å²) in [7, 11) is 0. The summed E-state index contributed by atoms with van der Waals surface area (Å²) in [6, 6.07) is -1.60. The van der Waals surface area contributed by atoms with Crippen LogP contribution in [0, 0.1) is 0 Å². The average Bonchev–Trinajstić information content (AvgIpc) is 2.49. The van der Waals surface area contributed by atoms with Gasteiger partial charge in [0.05, 0.1) is 18.8 Å². The molecular weight excluding hydrogens is 302 g/mol. The second kappa shape index (κ2) is 9.43. The van der Waals surface area contributed by atoms with E-state index in [4.69, 9.17) is 10.2 Å². The predicted molar refractivity (Wildman–Crippen MR) is 70.6 cm³/mol. The van der Waals surface area contributed by atoms with Gasteiger partial charge in [-0.3, -0.25) is 9.59 Å². The van der Waals surface area contributed by atoms with Crippen LogP contribution in [0.4, 0.5) is 0 Å². The maximum absolute atomic E-state index is 11.4. The number of amides is 1. The van der Waals surface area contributed by atoms with Crippen LogP contribution < -0.4 is 5.32 Å². The molecule has 0 aliphatic heterocycles. The third-order valence-electron chi connectivity index (χ3n) is 3.00. The van der Waals surface area contributed by atoms with Crippen molar-refractivity contribution in [1.82, 2.24) is 5.32 Å². The number of rotatable bonds is 10. The summed E-state index contributed by atoms with van der Waals surface area (Å²) in [6.07, 6.45) is -8.38.